The number of benzene rings is 1. The van der Waals surface area contributed by atoms with Crippen molar-refractivity contribution in [2.24, 2.45) is 0 Å². The van der Waals surface area contributed by atoms with Crippen molar-refractivity contribution in [3.8, 4) is 0 Å². The van der Waals surface area contributed by atoms with Crippen LogP contribution in [0.1, 0.15) is 13.8 Å². The van der Waals surface area contributed by atoms with Crippen LogP contribution >= 0.6 is 0 Å². The van der Waals surface area contributed by atoms with Crippen LogP contribution < -0.4 is 11.1 Å². The highest BCUT2D eigenvalue weighted by Crippen LogP contribution is 2.37. The number of hydrogen-bond donors (Lipinski definition) is 2. The molecule has 0 aromatic heterocycles. The fraction of sp³-hybridized carbons (Fsp3) is 0.300. The van der Waals surface area contributed by atoms with Crippen LogP contribution in [0.15, 0.2) is 23.1 Å². The average molecular weight is 240 g/mol. The fourth-order valence-electron chi connectivity index (χ4n) is 1.71. The van der Waals surface area contributed by atoms with E-state index in [9.17, 15) is 13.2 Å². The molecule has 1 heterocycles. The SMILES string of the molecule is CC1(C)Nc2c(N)cccc2S(=O)(=O)C1=O. The topological polar surface area (TPSA) is 89.3 Å². The maximum absolute atomic E-state index is 11.9. The predicted molar refractivity (Wildman–Crippen MR) is 60.7 cm³/mol. The molecule has 0 aliphatic carbocycles. The van der Waals surface area contributed by atoms with E-state index in [2.05, 4.69) is 5.32 Å². The summed E-state index contributed by atoms with van der Waals surface area (Å²) < 4.78 is 23.9. The number of sulfone groups is 1. The van der Waals surface area contributed by atoms with Gasteiger partial charge in [-0.1, -0.05) is 6.07 Å². The number of rotatable bonds is 0. The first kappa shape index (κ1) is 10.9. The van der Waals surface area contributed by atoms with Gasteiger partial charge < -0.3 is 11.1 Å². The molecule has 1 aliphatic heterocycles. The van der Waals surface area contributed by atoms with Crippen LogP contribution in [0.3, 0.4) is 0 Å². The van der Waals surface area contributed by atoms with Gasteiger partial charge in [0.25, 0.3) is 5.12 Å². The van der Waals surface area contributed by atoms with Gasteiger partial charge in [-0.15, -0.1) is 0 Å². The quantitative estimate of drug-likeness (QED) is 0.654. The van der Waals surface area contributed by atoms with Crippen molar-refractivity contribution in [2.45, 2.75) is 24.3 Å². The maximum atomic E-state index is 11.9. The molecule has 0 unspecified atom stereocenters. The van der Waals surface area contributed by atoms with E-state index in [0.29, 0.717) is 11.4 Å². The van der Waals surface area contributed by atoms with E-state index in [1.165, 1.54) is 26.0 Å². The molecule has 0 atom stereocenters. The van der Waals surface area contributed by atoms with E-state index < -0.39 is 20.5 Å². The smallest absolute Gasteiger partial charge is 0.275 e. The minimum atomic E-state index is -3.93. The highest BCUT2D eigenvalue weighted by molar-refractivity contribution is 8.06. The van der Waals surface area contributed by atoms with Gasteiger partial charge in [0.1, 0.15) is 10.4 Å². The molecule has 2 rings (SSSR count). The van der Waals surface area contributed by atoms with Gasteiger partial charge in [0.2, 0.25) is 9.84 Å². The Morgan fingerprint density at radius 3 is 2.56 bits per heavy atom. The number of nitrogen functional groups attached to an aromatic ring is 1. The van der Waals surface area contributed by atoms with Gasteiger partial charge in [-0.2, -0.15) is 0 Å². The van der Waals surface area contributed by atoms with Crippen LogP contribution in [0, 0.1) is 0 Å². The number of anilines is 2. The summed E-state index contributed by atoms with van der Waals surface area (Å²) in [4.78, 5) is 11.7. The standard InChI is InChI=1S/C10H12N2O3S/c1-10(2)9(13)16(14,15)7-5-3-4-6(11)8(7)12-10/h3-5,12H,11H2,1-2H3. The monoisotopic (exact) mass is 240 g/mol. The van der Waals surface area contributed by atoms with Gasteiger partial charge in [-0.05, 0) is 26.0 Å². The van der Waals surface area contributed by atoms with Gasteiger partial charge in [0.05, 0.1) is 11.4 Å². The minimum Gasteiger partial charge on any atom is -0.397 e. The van der Waals surface area contributed by atoms with Gasteiger partial charge in [-0.25, -0.2) is 8.42 Å². The molecule has 0 saturated heterocycles. The minimum absolute atomic E-state index is 0.0446. The van der Waals surface area contributed by atoms with Crippen molar-refractivity contribution in [2.75, 3.05) is 11.1 Å². The molecular formula is C10H12N2O3S. The molecule has 6 heteroatoms. The number of carbonyl (C=O) groups excluding carboxylic acids is 1. The third kappa shape index (κ3) is 1.30. The van der Waals surface area contributed by atoms with Crippen molar-refractivity contribution in [1.29, 1.82) is 0 Å². The predicted octanol–water partition coefficient (Wildman–Crippen LogP) is 0.773. The first-order chi connectivity index (χ1) is 7.27. The van der Waals surface area contributed by atoms with Crippen LogP contribution in [-0.4, -0.2) is 19.1 Å². The Balaban J connectivity index is 2.82. The third-order valence-corrected chi connectivity index (χ3v) is 4.46. The molecule has 0 fully saturated rings. The first-order valence-electron chi connectivity index (χ1n) is 4.73. The maximum Gasteiger partial charge on any atom is 0.275 e. The molecule has 3 N–H and O–H groups in total. The van der Waals surface area contributed by atoms with Crippen LogP contribution in [0.2, 0.25) is 0 Å². The van der Waals surface area contributed by atoms with Crippen LogP contribution in [0.4, 0.5) is 11.4 Å². The highest BCUT2D eigenvalue weighted by Gasteiger charge is 2.45. The third-order valence-electron chi connectivity index (χ3n) is 2.54. The van der Waals surface area contributed by atoms with Crippen molar-refractivity contribution in [3.05, 3.63) is 18.2 Å². The Morgan fingerprint density at radius 1 is 1.31 bits per heavy atom. The van der Waals surface area contributed by atoms with Crippen molar-refractivity contribution < 1.29 is 13.2 Å². The number of carbonyl (C=O) groups is 1. The summed E-state index contributed by atoms with van der Waals surface area (Å²) in [6.07, 6.45) is 0. The molecule has 0 saturated carbocycles. The molecule has 0 amide bonds. The number of nitrogens with one attached hydrogen (secondary N) is 1. The summed E-state index contributed by atoms with van der Waals surface area (Å²) in [6, 6.07) is 4.48. The number of hydrogen-bond acceptors (Lipinski definition) is 5. The van der Waals surface area contributed by atoms with E-state index in [1.807, 2.05) is 0 Å². The lowest BCUT2D eigenvalue weighted by molar-refractivity contribution is -0.114. The number of nitrogens with two attached hydrogens (primary N) is 1. The Bertz CT molecular complexity index is 576. The van der Waals surface area contributed by atoms with Crippen molar-refractivity contribution >= 4 is 26.3 Å². The largest absolute Gasteiger partial charge is 0.397 e. The van der Waals surface area contributed by atoms with E-state index in [0.717, 1.165) is 0 Å². The van der Waals surface area contributed by atoms with E-state index in [1.54, 1.807) is 6.07 Å². The van der Waals surface area contributed by atoms with E-state index in [-0.39, 0.29) is 4.90 Å². The zero-order valence-corrected chi connectivity index (χ0v) is 9.76. The van der Waals surface area contributed by atoms with Gasteiger partial charge in [0, 0.05) is 0 Å². The van der Waals surface area contributed by atoms with E-state index in [4.69, 9.17) is 5.73 Å². The lowest BCUT2D eigenvalue weighted by atomic mass is 10.1. The average Bonchev–Trinajstić information content (AvgIpc) is 2.17. The lowest BCUT2D eigenvalue weighted by Gasteiger charge is -2.32. The lowest BCUT2D eigenvalue weighted by Crippen LogP contribution is -2.48. The molecule has 86 valence electrons. The molecule has 5 nitrogen and oxygen atoms in total. The summed E-state index contributed by atoms with van der Waals surface area (Å²) >= 11 is 0. The second-order valence-corrected chi connectivity index (χ2v) is 6.08. The molecule has 1 aromatic carbocycles. The highest BCUT2D eigenvalue weighted by atomic mass is 32.2. The summed E-state index contributed by atoms with van der Waals surface area (Å²) in [5.74, 6) is 0. The summed E-state index contributed by atoms with van der Waals surface area (Å²) in [6.45, 7) is 3.03. The first-order valence-corrected chi connectivity index (χ1v) is 6.21. The van der Waals surface area contributed by atoms with Crippen LogP contribution in [-0.2, 0) is 14.6 Å². The molecular weight excluding hydrogens is 228 g/mol. The Morgan fingerprint density at radius 2 is 1.94 bits per heavy atom. The Labute approximate surface area is 93.6 Å². The Kier molecular flexibility index (Phi) is 2.03. The molecule has 16 heavy (non-hydrogen) atoms. The normalized spacial score (nSPS) is 21.0. The van der Waals surface area contributed by atoms with Gasteiger partial charge >= 0.3 is 0 Å². The van der Waals surface area contributed by atoms with Crippen molar-refractivity contribution in [3.63, 3.8) is 0 Å². The van der Waals surface area contributed by atoms with Gasteiger partial charge in [0.15, 0.2) is 0 Å². The zero-order valence-electron chi connectivity index (χ0n) is 8.94. The molecule has 0 spiro atoms. The van der Waals surface area contributed by atoms with E-state index >= 15 is 0 Å². The Hall–Kier alpha value is -1.56. The summed E-state index contributed by atoms with van der Waals surface area (Å²) in [7, 11) is -3.93. The number of para-hydroxylation sites is 1. The van der Waals surface area contributed by atoms with Crippen LogP contribution in [0.25, 0.3) is 0 Å². The summed E-state index contributed by atoms with van der Waals surface area (Å²) in [5, 5.41) is 2.02. The second kappa shape index (κ2) is 2.98. The fourth-order valence-corrected chi connectivity index (χ4v) is 3.32. The van der Waals surface area contributed by atoms with Crippen molar-refractivity contribution in [1.82, 2.24) is 0 Å². The zero-order chi connectivity index (χ0) is 12.1. The molecule has 1 aromatic rings. The van der Waals surface area contributed by atoms with Gasteiger partial charge in [-0.3, -0.25) is 4.79 Å². The molecule has 0 radical (unpaired) electrons. The molecule has 1 aliphatic rings. The summed E-state index contributed by atoms with van der Waals surface area (Å²) in [5.41, 5.74) is 5.17. The number of fused-ring (bicyclic) bond motifs is 1. The van der Waals surface area contributed by atoms with Crippen LogP contribution in [0.5, 0.6) is 0 Å². The molecule has 0 bridgehead atoms. The second-order valence-electron chi connectivity index (χ2n) is 4.26.